The van der Waals surface area contributed by atoms with Crippen LogP contribution in [0, 0.1) is 5.41 Å². The maximum atomic E-state index is 16.7. The number of cyclic esters (lactones) is 1. The summed E-state index contributed by atoms with van der Waals surface area (Å²) < 4.78 is 24.2. The topological polar surface area (TPSA) is 154 Å². The number of imide groups is 1. The van der Waals surface area contributed by atoms with Crippen molar-refractivity contribution >= 4 is 29.6 Å². The van der Waals surface area contributed by atoms with E-state index < -0.39 is 53.0 Å². The van der Waals surface area contributed by atoms with Crippen molar-refractivity contribution in [2.75, 3.05) is 84.3 Å². The van der Waals surface area contributed by atoms with Crippen LogP contribution < -0.4 is 15.0 Å². The molecule has 4 fully saturated rings. The Bertz CT molecular complexity index is 2620. The number of allylic oxidation sites excluding steroid dienone is 1. The summed E-state index contributed by atoms with van der Waals surface area (Å²) >= 11 is 0. The molecule has 4 aromatic carbocycles. The Labute approximate surface area is 429 Å². The Morgan fingerprint density at radius 3 is 2.26 bits per heavy atom. The third-order valence-corrected chi connectivity index (χ3v) is 15.7. The largest absolute Gasteiger partial charge is 0.491 e. The number of aliphatic hydroxyl groups is 1. The van der Waals surface area contributed by atoms with Gasteiger partial charge in [-0.05, 0) is 68.0 Å². The second-order valence-electron chi connectivity index (χ2n) is 19.7. The molecule has 5 aliphatic rings. The molecule has 7 unspecified atom stereocenters. The third kappa shape index (κ3) is 9.53. The number of hydrogen-bond donors (Lipinski definition) is 2. The van der Waals surface area contributed by atoms with Crippen molar-refractivity contribution in [3.63, 3.8) is 0 Å². The minimum absolute atomic E-state index is 0.00686. The molecule has 73 heavy (non-hydrogen) atoms. The van der Waals surface area contributed by atoms with Crippen LogP contribution in [0.15, 0.2) is 127 Å². The van der Waals surface area contributed by atoms with Crippen LogP contribution >= 0.6 is 0 Å². The summed E-state index contributed by atoms with van der Waals surface area (Å²) in [6, 6.07) is 30.5. The van der Waals surface area contributed by atoms with Gasteiger partial charge in [0, 0.05) is 51.9 Å². The number of nitrogens with one attached hydrogen (secondary N) is 1. The number of para-hydroxylation sites is 2. The van der Waals surface area contributed by atoms with Gasteiger partial charge in [-0.15, -0.1) is 0 Å². The Balaban J connectivity index is 1.21. The predicted octanol–water partition coefficient (Wildman–Crippen LogP) is 7.33. The lowest BCUT2D eigenvalue weighted by Crippen LogP contribution is -2.65. The van der Waals surface area contributed by atoms with E-state index in [1.165, 1.54) is 26.4 Å². The lowest BCUT2D eigenvalue weighted by Gasteiger charge is -2.51. The molecule has 4 aromatic rings. The zero-order chi connectivity index (χ0) is 51.0. The van der Waals surface area contributed by atoms with Crippen LogP contribution in [0.4, 0.5) is 10.5 Å². The predicted molar refractivity (Wildman–Crippen MR) is 277 cm³/mol. The molecule has 0 saturated carbocycles. The fourth-order valence-electron chi connectivity index (χ4n) is 12.5. The maximum absolute atomic E-state index is 16.7. The highest BCUT2D eigenvalue weighted by molar-refractivity contribution is 6.23. The standard InChI is InChI=1S/C58H70N6O9/c1-4-5-6-7-8-9-20-31-61-32-21-30-59-55(61)62-35-33-60(34-36-62)48(41-66)57(2)52-53(67)73-50(43-24-14-11-15-25-43)49(42-22-12-10-13-23-42)64(52)51(44-26-16-19-29-47(44)71-38-37-65)58(57)45-27-17-18-28-46(45)63(54(58)68)56(69)72-40-39-70-3/h8-19,22-29,49-52,55,59,65H,4-7,20-21,30-40H2,1-3H3. The van der Waals surface area contributed by atoms with E-state index in [1.807, 2.05) is 103 Å². The molecule has 0 aliphatic carbocycles. The molecule has 15 heteroatoms. The van der Waals surface area contributed by atoms with E-state index in [2.05, 4.69) is 45.0 Å². The lowest BCUT2D eigenvalue weighted by molar-refractivity contribution is -0.179. The minimum Gasteiger partial charge on any atom is -0.491 e. The molecule has 5 heterocycles. The average molecular weight is 995 g/mol. The summed E-state index contributed by atoms with van der Waals surface area (Å²) in [7, 11) is 1.49. The number of hydrogen-bond acceptors (Lipinski definition) is 14. The molecular formula is C58H70N6O9. The molecule has 0 bridgehead atoms. The second-order valence-corrected chi connectivity index (χ2v) is 19.7. The highest BCUT2D eigenvalue weighted by atomic mass is 16.6. The molecule has 5 aliphatic heterocycles. The van der Waals surface area contributed by atoms with Gasteiger partial charge in [-0.1, -0.05) is 129 Å². The van der Waals surface area contributed by atoms with E-state index in [0.717, 1.165) is 54.9 Å². The van der Waals surface area contributed by atoms with Crippen LogP contribution in [0.25, 0.3) is 0 Å². The number of ether oxygens (including phenoxy) is 4. The quantitative estimate of drug-likeness (QED) is 0.0417. The van der Waals surface area contributed by atoms with E-state index >= 15 is 9.59 Å². The first-order valence-corrected chi connectivity index (χ1v) is 26.1. The molecule has 2 N–H and O–H groups in total. The zero-order valence-electron chi connectivity index (χ0n) is 42.4. The van der Waals surface area contributed by atoms with E-state index in [0.29, 0.717) is 43.1 Å². The van der Waals surface area contributed by atoms with Crippen LogP contribution in [-0.2, 0) is 34.0 Å². The Morgan fingerprint density at radius 2 is 1.53 bits per heavy atom. The van der Waals surface area contributed by atoms with Crippen molar-refractivity contribution in [1.29, 1.82) is 0 Å². The summed E-state index contributed by atoms with van der Waals surface area (Å²) in [6.07, 6.45) is 9.52. The van der Waals surface area contributed by atoms with Crippen molar-refractivity contribution < 1.29 is 43.2 Å². The Kier molecular flexibility index (Phi) is 16.6. The van der Waals surface area contributed by atoms with Crippen LogP contribution in [0.2, 0.25) is 0 Å². The molecule has 4 saturated heterocycles. The van der Waals surface area contributed by atoms with E-state index in [4.69, 9.17) is 18.9 Å². The fourth-order valence-corrected chi connectivity index (χ4v) is 12.5. The molecule has 2 amide bonds. The molecular weight excluding hydrogens is 925 g/mol. The Hall–Kier alpha value is -6.16. The van der Waals surface area contributed by atoms with Crippen molar-refractivity contribution in [1.82, 2.24) is 24.9 Å². The lowest BCUT2D eigenvalue weighted by atomic mass is 9.55. The first kappa shape index (κ1) is 51.7. The summed E-state index contributed by atoms with van der Waals surface area (Å²) in [6.45, 7) is 8.31. The summed E-state index contributed by atoms with van der Waals surface area (Å²) in [4.78, 5) is 71.9. The number of aliphatic hydroxyl groups excluding tert-OH is 1. The third-order valence-electron chi connectivity index (χ3n) is 15.7. The number of carbonyl (C=O) groups excluding carboxylic acids is 4. The number of methoxy groups -OCH3 is 1. The van der Waals surface area contributed by atoms with Crippen molar-refractivity contribution in [3.05, 3.63) is 149 Å². The van der Waals surface area contributed by atoms with Crippen molar-refractivity contribution in [2.24, 2.45) is 5.41 Å². The second kappa shape index (κ2) is 23.4. The van der Waals surface area contributed by atoms with Gasteiger partial charge in [-0.25, -0.2) is 14.5 Å². The molecule has 15 nitrogen and oxygen atoms in total. The Morgan fingerprint density at radius 1 is 0.836 bits per heavy atom. The molecule has 0 aromatic heterocycles. The number of anilines is 1. The van der Waals surface area contributed by atoms with Crippen LogP contribution in [0.1, 0.15) is 92.8 Å². The number of benzene rings is 4. The number of unbranched alkanes of at least 4 members (excludes halogenated alkanes) is 3. The van der Waals surface area contributed by atoms with Crippen LogP contribution in [0.3, 0.4) is 0 Å². The number of carbonyl (C=O) groups is 3. The van der Waals surface area contributed by atoms with Gasteiger partial charge in [0.1, 0.15) is 54.5 Å². The van der Waals surface area contributed by atoms with Gasteiger partial charge in [0.25, 0.3) is 0 Å². The number of piperazine rings is 1. The summed E-state index contributed by atoms with van der Waals surface area (Å²) in [5.41, 5.74) is -0.899. The average Bonchev–Trinajstić information content (AvgIpc) is 3.89. The van der Waals surface area contributed by atoms with Gasteiger partial charge in [-0.3, -0.25) is 29.6 Å². The normalized spacial score (nSPS) is 26.4. The van der Waals surface area contributed by atoms with E-state index in [9.17, 15) is 14.7 Å². The number of fused-ring (bicyclic) bond motifs is 3. The molecule has 1 spiro atoms. The van der Waals surface area contributed by atoms with Crippen molar-refractivity contribution in [3.8, 4) is 5.75 Å². The van der Waals surface area contributed by atoms with Gasteiger partial charge < -0.3 is 29.0 Å². The monoisotopic (exact) mass is 995 g/mol. The summed E-state index contributed by atoms with van der Waals surface area (Å²) in [5, 5.41) is 13.9. The van der Waals surface area contributed by atoms with Gasteiger partial charge in [0.15, 0.2) is 0 Å². The number of rotatable bonds is 19. The molecule has 0 radical (unpaired) electrons. The van der Waals surface area contributed by atoms with Gasteiger partial charge in [-0.2, -0.15) is 0 Å². The van der Waals surface area contributed by atoms with Gasteiger partial charge in [0.2, 0.25) is 5.91 Å². The first-order valence-electron chi connectivity index (χ1n) is 26.1. The van der Waals surface area contributed by atoms with Crippen LogP contribution in [0.5, 0.6) is 5.75 Å². The SMILES string of the molecule is CCCCCC=CCCN1CCCNC1N1CCN(C(=C=O)C2(C)C3C(=O)OC(c4ccccc4)C(c4ccccc4)N3C(c3ccccc3OCCO)C23C(=O)N(C(=O)OCCOC)c2ccccc23)CC1. The number of amides is 2. The summed E-state index contributed by atoms with van der Waals surface area (Å²) in [5.74, 6) is 1.45. The molecule has 9 rings (SSSR count). The van der Waals surface area contributed by atoms with Crippen molar-refractivity contribution in [2.45, 2.75) is 88.3 Å². The fraction of sp³-hybridized carbons (Fsp3) is 0.466. The minimum atomic E-state index is -1.94. The van der Waals surface area contributed by atoms with Gasteiger partial charge in [0.05, 0.1) is 36.4 Å². The highest BCUT2D eigenvalue weighted by Gasteiger charge is 2.81. The molecule has 386 valence electrons. The highest BCUT2D eigenvalue weighted by Crippen LogP contribution is 2.72. The number of esters is 1. The zero-order valence-corrected chi connectivity index (χ0v) is 42.4. The smallest absolute Gasteiger partial charge is 0.421 e. The maximum Gasteiger partial charge on any atom is 0.421 e. The van der Waals surface area contributed by atoms with E-state index in [-0.39, 0.29) is 44.1 Å². The van der Waals surface area contributed by atoms with E-state index in [1.54, 1.807) is 18.2 Å². The van der Waals surface area contributed by atoms with Gasteiger partial charge >= 0.3 is 12.1 Å². The number of nitrogens with zero attached hydrogens (tertiary/aromatic N) is 5. The van der Waals surface area contributed by atoms with Crippen LogP contribution in [-0.4, -0.2) is 140 Å². The number of morpholine rings is 1. The molecule has 7 atom stereocenters. The first-order chi connectivity index (χ1) is 35.8.